The van der Waals surface area contributed by atoms with Crippen LogP contribution in [0.1, 0.15) is 62.5 Å². The topological polar surface area (TPSA) is 49.4 Å². The van der Waals surface area contributed by atoms with Crippen LogP contribution < -0.4 is 5.32 Å². The van der Waals surface area contributed by atoms with Crippen molar-refractivity contribution in [3.8, 4) is 0 Å². The van der Waals surface area contributed by atoms with Gasteiger partial charge in [-0.05, 0) is 93.2 Å². The highest BCUT2D eigenvalue weighted by Crippen LogP contribution is 2.60. The first-order valence-corrected chi connectivity index (χ1v) is 12.0. The summed E-state index contributed by atoms with van der Waals surface area (Å²) in [4.78, 5) is 28.4. The van der Waals surface area contributed by atoms with Crippen LogP contribution in [-0.2, 0) is 22.2 Å². The van der Waals surface area contributed by atoms with Gasteiger partial charge in [0.25, 0.3) is 0 Å². The Labute approximate surface area is 186 Å². The van der Waals surface area contributed by atoms with Gasteiger partial charge in [0.15, 0.2) is 0 Å². The number of rotatable bonds is 5. The Morgan fingerprint density at radius 2 is 1.59 bits per heavy atom. The number of hydrogen-bond donors (Lipinski definition) is 1. The third-order valence-corrected chi connectivity index (χ3v) is 8.30. The molecule has 1 N–H and O–H groups in total. The molecule has 4 nitrogen and oxygen atoms in total. The smallest absolute Gasteiger partial charge is 0.354 e. The quantitative estimate of drug-likeness (QED) is 0.717. The van der Waals surface area contributed by atoms with E-state index in [1.54, 1.807) is 0 Å². The maximum Gasteiger partial charge on any atom is 0.416 e. The van der Waals surface area contributed by atoms with Gasteiger partial charge in [0.05, 0.1) is 11.0 Å². The van der Waals surface area contributed by atoms with Crippen LogP contribution in [0.2, 0.25) is 0 Å². The summed E-state index contributed by atoms with van der Waals surface area (Å²) in [7, 11) is 0. The fourth-order valence-electron chi connectivity index (χ4n) is 7.27. The molecular formula is C25H31F3N2O2. The lowest BCUT2D eigenvalue weighted by Crippen LogP contribution is -2.57. The van der Waals surface area contributed by atoms with Gasteiger partial charge in [-0.1, -0.05) is 12.1 Å². The molecule has 1 aliphatic heterocycles. The van der Waals surface area contributed by atoms with Crippen LogP contribution in [0.25, 0.3) is 0 Å². The lowest BCUT2D eigenvalue weighted by atomic mass is 9.49. The van der Waals surface area contributed by atoms with Crippen LogP contribution in [0.3, 0.4) is 0 Å². The summed E-state index contributed by atoms with van der Waals surface area (Å²) < 4.78 is 38.1. The molecule has 0 radical (unpaired) electrons. The molecule has 1 saturated heterocycles. The van der Waals surface area contributed by atoms with Crippen LogP contribution in [0.5, 0.6) is 0 Å². The van der Waals surface area contributed by atoms with Crippen molar-refractivity contribution < 1.29 is 22.8 Å². The Morgan fingerprint density at radius 3 is 2.16 bits per heavy atom. The van der Waals surface area contributed by atoms with Crippen molar-refractivity contribution in [2.75, 3.05) is 13.1 Å². The van der Waals surface area contributed by atoms with E-state index in [1.807, 2.05) is 4.90 Å². The summed E-state index contributed by atoms with van der Waals surface area (Å²) in [6.07, 6.45) is 4.46. The SMILES string of the molecule is O=C(NCCc1ccc(C(F)(F)F)cc1)[C@H]1CCCN1C(=O)C12CC3CC(CC(C3)C1)C2. The van der Waals surface area contributed by atoms with Gasteiger partial charge in [-0.25, -0.2) is 0 Å². The van der Waals surface area contributed by atoms with E-state index in [4.69, 9.17) is 0 Å². The van der Waals surface area contributed by atoms with Gasteiger partial charge >= 0.3 is 6.18 Å². The van der Waals surface area contributed by atoms with Crippen molar-refractivity contribution in [3.05, 3.63) is 35.4 Å². The highest BCUT2D eigenvalue weighted by atomic mass is 19.4. The number of nitrogens with one attached hydrogen (secondary N) is 1. The first-order valence-electron chi connectivity index (χ1n) is 12.0. The lowest BCUT2D eigenvalue weighted by Gasteiger charge is -2.56. The Kier molecular flexibility index (Phi) is 5.49. The number of carbonyl (C=O) groups excluding carboxylic acids is 2. The van der Waals surface area contributed by atoms with Crippen molar-refractivity contribution in [2.45, 2.75) is 70.0 Å². The molecule has 1 aromatic rings. The van der Waals surface area contributed by atoms with Crippen LogP contribution in [-0.4, -0.2) is 35.8 Å². The predicted octanol–water partition coefficient (Wildman–Crippen LogP) is 4.57. The van der Waals surface area contributed by atoms with E-state index in [2.05, 4.69) is 5.32 Å². The summed E-state index contributed by atoms with van der Waals surface area (Å²) in [6, 6.07) is 4.63. The molecule has 1 heterocycles. The van der Waals surface area contributed by atoms with E-state index in [9.17, 15) is 22.8 Å². The molecule has 0 unspecified atom stereocenters. The maximum absolute atomic E-state index is 13.7. The zero-order valence-corrected chi connectivity index (χ0v) is 18.3. The zero-order valence-electron chi connectivity index (χ0n) is 18.3. The molecule has 1 atom stereocenters. The minimum absolute atomic E-state index is 0.132. The van der Waals surface area contributed by atoms with Gasteiger partial charge in [0.1, 0.15) is 6.04 Å². The van der Waals surface area contributed by atoms with Gasteiger partial charge in [-0.2, -0.15) is 13.2 Å². The van der Waals surface area contributed by atoms with Crippen molar-refractivity contribution in [3.63, 3.8) is 0 Å². The van der Waals surface area contributed by atoms with Gasteiger partial charge in [0, 0.05) is 13.1 Å². The summed E-state index contributed by atoms with van der Waals surface area (Å²) in [5, 5.41) is 2.92. The lowest BCUT2D eigenvalue weighted by molar-refractivity contribution is -0.160. The van der Waals surface area contributed by atoms with E-state index in [1.165, 1.54) is 31.4 Å². The summed E-state index contributed by atoms with van der Waals surface area (Å²) >= 11 is 0. The zero-order chi connectivity index (χ0) is 22.5. The molecule has 0 aromatic heterocycles. The molecule has 32 heavy (non-hydrogen) atoms. The second kappa shape index (κ2) is 8.07. The molecule has 174 valence electrons. The van der Waals surface area contributed by atoms with Crippen molar-refractivity contribution >= 4 is 11.8 Å². The molecule has 6 rings (SSSR count). The summed E-state index contributed by atoms with van der Waals surface area (Å²) in [6.45, 7) is 0.998. The Morgan fingerprint density at radius 1 is 1.00 bits per heavy atom. The average molecular weight is 449 g/mol. The predicted molar refractivity (Wildman–Crippen MR) is 113 cm³/mol. The van der Waals surface area contributed by atoms with Crippen molar-refractivity contribution in [2.24, 2.45) is 23.2 Å². The number of halogens is 3. The van der Waals surface area contributed by atoms with Gasteiger partial charge in [-0.15, -0.1) is 0 Å². The molecule has 2 amide bonds. The van der Waals surface area contributed by atoms with E-state index < -0.39 is 17.8 Å². The van der Waals surface area contributed by atoms with E-state index in [0.29, 0.717) is 43.7 Å². The summed E-state index contributed by atoms with van der Waals surface area (Å²) in [5.74, 6) is 2.13. The highest BCUT2D eigenvalue weighted by Gasteiger charge is 2.56. The monoisotopic (exact) mass is 448 g/mol. The number of benzene rings is 1. The summed E-state index contributed by atoms with van der Waals surface area (Å²) in [5.41, 5.74) is -0.168. The van der Waals surface area contributed by atoms with E-state index >= 15 is 0 Å². The number of amides is 2. The third-order valence-electron chi connectivity index (χ3n) is 8.30. The number of likely N-dealkylation sites (tertiary alicyclic amines) is 1. The second-order valence-electron chi connectivity index (χ2n) is 10.6. The van der Waals surface area contributed by atoms with Crippen LogP contribution in [0.15, 0.2) is 24.3 Å². The molecule has 4 saturated carbocycles. The Hall–Kier alpha value is -2.05. The Bertz CT molecular complexity index is 845. The van der Waals surface area contributed by atoms with Crippen LogP contribution in [0.4, 0.5) is 13.2 Å². The average Bonchev–Trinajstić information content (AvgIpc) is 3.22. The van der Waals surface area contributed by atoms with Gasteiger partial charge in [-0.3, -0.25) is 9.59 Å². The normalized spacial score (nSPS) is 33.5. The molecular weight excluding hydrogens is 417 g/mol. The molecule has 5 fully saturated rings. The minimum atomic E-state index is -4.35. The molecule has 4 aliphatic carbocycles. The fourth-order valence-corrected chi connectivity index (χ4v) is 7.27. The highest BCUT2D eigenvalue weighted by molar-refractivity contribution is 5.91. The standard InChI is InChI=1S/C25H31F3N2O2/c26-25(27,28)20-5-3-16(4-6-20)7-8-29-22(31)21-2-1-9-30(21)23(32)24-13-17-10-18(14-24)12-19(11-17)15-24/h3-6,17-19,21H,1-2,7-15H2,(H,29,31)/t17?,18?,19?,21-,24?/m1/s1. The maximum atomic E-state index is 13.7. The first-order chi connectivity index (χ1) is 15.2. The largest absolute Gasteiger partial charge is 0.416 e. The molecule has 5 aliphatic rings. The second-order valence-corrected chi connectivity index (χ2v) is 10.6. The van der Waals surface area contributed by atoms with Crippen LogP contribution >= 0.6 is 0 Å². The van der Waals surface area contributed by atoms with Crippen molar-refractivity contribution in [1.29, 1.82) is 0 Å². The number of nitrogens with zero attached hydrogens (tertiary/aromatic N) is 1. The molecule has 0 spiro atoms. The van der Waals surface area contributed by atoms with Crippen molar-refractivity contribution in [1.82, 2.24) is 10.2 Å². The molecule has 4 bridgehead atoms. The number of alkyl halides is 3. The van der Waals surface area contributed by atoms with E-state index in [-0.39, 0.29) is 17.2 Å². The molecule has 1 aromatic carbocycles. The van der Waals surface area contributed by atoms with Gasteiger partial charge < -0.3 is 10.2 Å². The minimum Gasteiger partial charge on any atom is -0.354 e. The third kappa shape index (κ3) is 4.03. The van der Waals surface area contributed by atoms with Gasteiger partial charge in [0.2, 0.25) is 11.8 Å². The number of hydrogen-bond acceptors (Lipinski definition) is 2. The van der Waals surface area contributed by atoms with Crippen LogP contribution in [0, 0.1) is 23.2 Å². The molecule has 7 heteroatoms. The fraction of sp³-hybridized carbons (Fsp3) is 0.680. The number of carbonyl (C=O) groups is 2. The Balaban J connectivity index is 1.18. The first kappa shape index (κ1) is 21.8. The van der Waals surface area contributed by atoms with E-state index in [0.717, 1.165) is 43.4 Å².